The fourth-order valence-corrected chi connectivity index (χ4v) is 1.73. The standard InChI is InChI=1S/C12H11F3N2O2/c1-7(16-6-12(13,14)15)5-8-3-2-4-9-10(8)19-11(18)17-9/h2-4H,5-6H2,1H3,(H,17,18)/b16-7+. The van der Waals surface area contributed by atoms with Gasteiger partial charge in [0.2, 0.25) is 0 Å². The van der Waals surface area contributed by atoms with Gasteiger partial charge < -0.3 is 4.42 Å². The van der Waals surface area contributed by atoms with Crippen molar-refractivity contribution in [1.82, 2.24) is 4.98 Å². The molecule has 0 amide bonds. The third-order valence-corrected chi connectivity index (χ3v) is 2.50. The molecule has 0 saturated carbocycles. The van der Waals surface area contributed by atoms with Crippen LogP contribution in [0.2, 0.25) is 0 Å². The number of fused-ring (bicyclic) bond motifs is 1. The molecule has 0 spiro atoms. The molecule has 1 aromatic carbocycles. The molecule has 0 bridgehead atoms. The Balaban J connectivity index is 2.24. The van der Waals surface area contributed by atoms with Crippen LogP contribution in [0.4, 0.5) is 13.2 Å². The molecule has 0 fully saturated rings. The first-order valence-corrected chi connectivity index (χ1v) is 5.52. The molecule has 0 aliphatic carbocycles. The molecule has 0 aliphatic rings. The highest BCUT2D eigenvalue weighted by Crippen LogP contribution is 2.18. The zero-order valence-corrected chi connectivity index (χ0v) is 10.0. The van der Waals surface area contributed by atoms with E-state index >= 15 is 0 Å². The molecule has 0 unspecified atom stereocenters. The molecule has 0 saturated heterocycles. The fourth-order valence-electron chi connectivity index (χ4n) is 1.73. The number of halogens is 3. The summed E-state index contributed by atoms with van der Waals surface area (Å²) in [4.78, 5) is 17.0. The summed E-state index contributed by atoms with van der Waals surface area (Å²) in [6.07, 6.45) is -4.11. The SMILES string of the molecule is C/C(Cc1cccc2[nH]c(=O)oc12)=N\CC(F)(F)F. The number of alkyl halides is 3. The number of rotatable bonds is 3. The number of para-hydroxylation sites is 1. The lowest BCUT2D eigenvalue weighted by molar-refractivity contribution is -0.118. The zero-order chi connectivity index (χ0) is 14.0. The summed E-state index contributed by atoms with van der Waals surface area (Å²) in [5.74, 6) is -0.590. The molecule has 19 heavy (non-hydrogen) atoms. The third-order valence-electron chi connectivity index (χ3n) is 2.50. The lowest BCUT2D eigenvalue weighted by Gasteiger charge is -2.04. The van der Waals surface area contributed by atoms with Gasteiger partial charge in [-0.25, -0.2) is 4.79 Å². The summed E-state index contributed by atoms with van der Waals surface area (Å²) in [5, 5.41) is 0. The maximum absolute atomic E-state index is 12.0. The van der Waals surface area contributed by atoms with Gasteiger partial charge in [-0.1, -0.05) is 12.1 Å². The Kier molecular flexibility index (Phi) is 3.46. The van der Waals surface area contributed by atoms with Gasteiger partial charge in [-0.2, -0.15) is 13.2 Å². The summed E-state index contributed by atoms with van der Waals surface area (Å²) in [6.45, 7) is 0.307. The molecular weight excluding hydrogens is 261 g/mol. The lowest BCUT2D eigenvalue weighted by Crippen LogP contribution is -2.14. The van der Waals surface area contributed by atoms with Crippen molar-refractivity contribution >= 4 is 16.8 Å². The Morgan fingerprint density at radius 1 is 1.42 bits per heavy atom. The minimum atomic E-state index is -4.31. The highest BCUT2D eigenvalue weighted by molar-refractivity contribution is 5.88. The van der Waals surface area contributed by atoms with E-state index in [1.807, 2.05) is 0 Å². The second-order valence-electron chi connectivity index (χ2n) is 4.15. The summed E-state index contributed by atoms with van der Waals surface area (Å²) in [5.41, 5.74) is 1.83. The zero-order valence-electron chi connectivity index (χ0n) is 10.0. The van der Waals surface area contributed by atoms with E-state index in [4.69, 9.17) is 4.42 Å². The van der Waals surface area contributed by atoms with Crippen molar-refractivity contribution < 1.29 is 17.6 Å². The van der Waals surface area contributed by atoms with Crippen molar-refractivity contribution in [2.75, 3.05) is 6.54 Å². The first-order chi connectivity index (χ1) is 8.85. The molecule has 0 aliphatic heterocycles. The highest BCUT2D eigenvalue weighted by Gasteiger charge is 2.26. The van der Waals surface area contributed by atoms with Crippen LogP contribution in [-0.2, 0) is 6.42 Å². The van der Waals surface area contributed by atoms with Crippen LogP contribution in [0.15, 0.2) is 32.4 Å². The number of nitrogens with one attached hydrogen (secondary N) is 1. The Labute approximate surface area is 106 Å². The van der Waals surface area contributed by atoms with Gasteiger partial charge in [0, 0.05) is 17.7 Å². The maximum Gasteiger partial charge on any atom is 0.417 e. The monoisotopic (exact) mass is 272 g/mol. The Morgan fingerprint density at radius 3 is 2.84 bits per heavy atom. The Bertz CT molecular complexity index is 667. The first kappa shape index (κ1) is 13.4. The van der Waals surface area contributed by atoms with Crippen molar-refractivity contribution in [3.05, 3.63) is 34.3 Å². The minimum Gasteiger partial charge on any atom is -0.408 e. The molecule has 4 nitrogen and oxygen atoms in total. The van der Waals surface area contributed by atoms with Crippen molar-refractivity contribution in [3.63, 3.8) is 0 Å². The molecule has 1 aromatic heterocycles. The van der Waals surface area contributed by atoms with Crippen LogP contribution in [0.25, 0.3) is 11.1 Å². The predicted octanol–water partition coefficient (Wildman–Crippen LogP) is 2.69. The van der Waals surface area contributed by atoms with E-state index in [1.165, 1.54) is 6.92 Å². The molecule has 2 rings (SSSR count). The van der Waals surface area contributed by atoms with E-state index in [0.717, 1.165) is 0 Å². The highest BCUT2D eigenvalue weighted by atomic mass is 19.4. The van der Waals surface area contributed by atoms with Crippen LogP contribution in [0.5, 0.6) is 0 Å². The van der Waals surface area contributed by atoms with E-state index < -0.39 is 18.5 Å². The number of aromatic nitrogens is 1. The predicted molar refractivity (Wildman–Crippen MR) is 64.6 cm³/mol. The Morgan fingerprint density at radius 2 is 2.16 bits per heavy atom. The van der Waals surface area contributed by atoms with E-state index in [-0.39, 0.29) is 6.42 Å². The molecule has 7 heteroatoms. The second kappa shape index (κ2) is 4.91. The van der Waals surface area contributed by atoms with E-state index in [1.54, 1.807) is 18.2 Å². The fraction of sp³-hybridized carbons (Fsp3) is 0.333. The Hall–Kier alpha value is -2.05. The van der Waals surface area contributed by atoms with E-state index in [2.05, 4.69) is 9.98 Å². The smallest absolute Gasteiger partial charge is 0.408 e. The molecule has 0 radical (unpaired) electrons. The number of H-pyrrole nitrogens is 1. The van der Waals surface area contributed by atoms with Gasteiger partial charge in [0.05, 0.1) is 5.52 Å². The molecular formula is C12H11F3N2O2. The molecule has 1 heterocycles. The largest absolute Gasteiger partial charge is 0.417 e. The van der Waals surface area contributed by atoms with Crippen LogP contribution in [0, 0.1) is 0 Å². The molecule has 2 aromatic rings. The van der Waals surface area contributed by atoms with Crippen LogP contribution in [0.1, 0.15) is 12.5 Å². The second-order valence-corrected chi connectivity index (χ2v) is 4.15. The average Bonchev–Trinajstić information content (AvgIpc) is 2.67. The number of aromatic amines is 1. The maximum atomic E-state index is 12.0. The first-order valence-electron chi connectivity index (χ1n) is 5.52. The summed E-state index contributed by atoms with van der Waals surface area (Å²) in [7, 11) is 0. The number of aliphatic imine (C=N–C) groups is 1. The van der Waals surface area contributed by atoms with Gasteiger partial charge in [0.15, 0.2) is 5.58 Å². The summed E-state index contributed by atoms with van der Waals surface area (Å²) in [6, 6.07) is 5.04. The topological polar surface area (TPSA) is 58.4 Å². The van der Waals surface area contributed by atoms with Crippen molar-refractivity contribution in [2.45, 2.75) is 19.5 Å². The summed E-state index contributed by atoms with van der Waals surface area (Å²) >= 11 is 0. The molecule has 1 N–H and O–H groups in total. The normalized spacial score (nSPS) is 13.2. The number of hydrogen-bond acceptors (Lipinski definition) is 3. The van der Waals surface area contributed by atoms with Crippen molar-refractivity contribution in [2.24, 2.45) is 4.99 Å². The molecule has 0 atom stereocenters. The van der Waals surface area contributed by atoms with Gasteiger partial charge >= 0.3 is 11.9 Å². The average molecular weight is 272 g/mol. The van der Waals surface area contributed by atoms with Crippen molar-refractivity contribution in [1.29, 1.82) is 0 Å². The lowest BCUT2D eigenvalue weighted by atomic mass is 10.1. The molecule has 102 valence electrons. The number of oxazole rings is 1. The van der Waals surface area contributed by atoms with E-state index in [9.17, 15) is 18.0 Å². The number of benzene rings is 1. The minimum absolute atomic E-state index is 0.203. The van der Waals surface area contributed by atoms with Gasteiger partial charge in [-0.3, -0.25) is 9.98 Å². The number of nitrogens with zero attached hydrogens (tertiary/aromatic N) is 1. The van der Waals surface area contributed by atoms with Gasteiger partial charge in [0.1, 0.15) is 6.54 Å². The van der Waals surface area contributed by atoms with E-state index in [0.29, 0.717) is 22.4 Å². The van der Waals surface area contributed by atoms with Crippen LogP contribution in [0.3, 0.4) is 0 Å². The van der Waals surface area contributed by atoms with Gasteiger partial charge in [-0.05, 0) is 13.0 Å². The quantitative estimate of drug-likeness (QED) is 0.873. The van der Waals surface area contributed by atoms with Crippen molar-refractivity contribution in [3.8, 4) is 0 Å². The van der Waals surface area contributed by atoms with Gasteiger partial charge in [-0.15, -0.1) is 0 Å². The summed E-state index contributed by atoms with van der Waals surface area (Å²) < 4.78 is 41.1. The van der Waals surface area contributed by atoms with Crippen LogP contribution in [-0.4, -0.2) is 23.4 Å². The third kappa shape index (κ3) is 3.46. The number of hydrogen-bond donors (Lipinski definition) is 1. The van der Waals surface area contributed by atoms with Gasteiger partial charge in [0.25, 0.3) is 0 Å². The van der Waals surface area contributed by atoms with Crippen LogP contribution >= 0.6 is 0 Å². The van der Waals surface area contributed by atoms with Crippen LogP contribution < -0.4 is 5.76 Å².